The quantitative estimate of drug-likeness (QED) is 0.617. The Kier molecular flexibility index (Phi) is 13.8. The van der Waals surface area contributed by atoms with Crippen molar-refractivity contribution in [3.8, 4) is 0 Å². The Morgan fingerprint density at radius 3 is 1.47 bits per heavy atom. The second kappa shape index (κ2) is 12.3. The average Bonchev–Trinajstić information content (AvgIpc) is 2.23. The van der Waals surface area contributed by atoms with Gasteiger partial charge in [0, 0.05) is 0 Å². The van der Waals surface area contributed by atoms with Crippen molar-refractivity contribution in [1.82, 2.24) is 0 Å². The van der Waals surface area contributed by atoms with E-state index in [1.54, 1.807) is 20.8 Å². The summed E-state index contributed by atoms with van der Waals surface area (Å²) in [5, 5.41) is 25.8. The van der Waals surface area contributed by atoms with Gasteiger partial charge < -0.3 is 24.8 Å². The highest BCUT2D eigenvalue weighted by Crippen LogP contribution is 1.90. The first-order valence-corrected chi connectivity index (χ1v) is 5.99. The summed E-state index contributed by atoms with van der Waals surface area (Å²) in [4.78, 5) is 0. The largest absolute Gasteiger partial charge is 0.394 e. The van der Waals surface area contributed by atoms with Crippen LogP contribution in [-0.2, 0) is 9.47 Å². The third-order valence-electron chi connectivity index (χ3n) is 1.55. The van der Waals surface area contributed by atoms with Crippen LogP contribution in [0.4, 0.5) is 0 Å². The molecule has 0 radical (unpaired) electrons. The van der Waals surface area contributed by atoms with E-state index in [0.29, 0.717) is 13.2 Å². The van der Waals surface area contributed by atoms with Crippen molar-refractivity contribution in [3.63, 3.8) is 0 Å². The lowest BCUT2D eigenvalue weighted by Gasteiger charge is -2.10. The monoisotopic (exact) mass is 252 g/mol. The fraction of sp³-hybridized carbons (Fsp3) is 1.00. The summed E-state index contributed by atoms with van der Waals surface area (Å²) in [5.41, 5.74) is 0. The molecule has 5 nitrogen and oxygen atoms in total. The van der Waals surface area contributed by atoms with E-state index >= 15 is 0 Å². The molecule has 0 bridgehead atoms. The van der Waals surface area contributed by atoms with Crippen LogP contribution in [0.15, 0.2) is 0 Å². The first-order chi connectivity index (χ1) is 7.79. The summed E-state index contributed by atoms with van der Waals surface area (Å²) in [6, 6.07) is 0. The lowest BCUT2D eigenvalue weighted by atomic mass is 10.4. The SMILES string of the molecule is CC(O)COC(C)C.CC(O)COC(C)CO. The van der Waals surface area contributed by atoms with Gasteiger partial charge >= 0.3 is 0 Å². The van der Waals surface area contributed by atoms with Crippen LogP contribution in [0.3, 0.4) is 0 Å². The summed E-state index contributed by atoms with van der Waals surface area (Å²) in [6.45, 7) is 9.74. The molecule has 3 atom stereocenters. The van der Waals surface area contributed by atoms with E-state index in [9.17, 15) is 0 Å². The molecule has 17 heavy (non-hydrogen) atoms. The van der Waals surface area contributed by atoms with Gasteiger partial charge in [0.1, 0.15) is 0 Å². The first-order valence-electron chi connectivity index (χ1n) is 5.99. The zero-order valence-electron chi connectivity index (χ0n) is 11.6. The summed E-state index contributed by atoms with van der Waals surface area (Å²) >= 11 is 0. The topological polar surface area (TPSA) is 79.2 Å². The number of aliphatic hydroxyl groups is 3. The molecule has 0 aliphatic carbocycles. The molecule has 0 aromatic rings. The van der Waals surface area contributed by atoms with Crippen LogP contribution in [0.2, 0.25) is 0 Å². The standard InChI is InChI=1S/C6H14O3.C6H14O2/c1-5(8)4-9-6(2)3-7;1-5(2)8-4-6(3)7/h5-8H,3-4H2,1-2H3;5-7H,4H2,1-3H3. The number of hydrogen-bond donors (Lipinski definition) is 3. The third kappa shape index (κ3) is 21.6. The Morgan fingerprint density at radius 1 is 0.824 bits per heavy atom. The highest BCUT2D eigenvalue weighted by Gasteiger charge is 2.00. The zero-order chi connectivity index (χ0) is 13.8. The van der Waals surface area contributed by atoms with Gasteiger partial charge in [0.25, 0.3) is 0 Å². The summed E-state index contributed by atoms with van der Waals surface area (Å²) in [5.74, 6) is 0. The van der Waals surface area contributed by atoms with E-state index in [-0.39, 0.29) is 24.9 Å². The molecular weight excluding hydrogens is 224 g/mol. The minimum Gasteiger partial charge on any atom is -0.394 e. The summed E-state index contributed by atoms with van der Waals surface area (Å²) in [7, 11) is 0. The maximum Gasteiger partial charge on any atom is 0.0779 e. The minimum absolute atomic E-state index is 0.00667. The third-order valence-corrected chi connectivity index (χ3v) is 1.55. The Labute approximate surface area is 104 Å². The van der Waals surface area contributed by atoms with Gasteiger partial charge in [-0.2, -0.15) is 0 Å². The maximum atomic E-state index is 8.69. The van der Waals surface area contributed by atoms with Crippen molar-refractivity contribution in [2.75, 3.05) is 19.8 Å². The highest BCUT2D eigenvalue weighted by molar-refractivity contribution is 4.47. The van der Waals surface area contributed by atoms with Crippen molar-refractivity contribution in [2.45, 2.75) is 59.0 Å². The number of rotatable bonds is 7. The number of aliphatic hydroxyl groups excluding tert-OH is 3. The molecule has 0 aliphatic rings. The van der Waals surface area contributed by atoms with Crippen LogP contribution >= 0.6 is 0 Å². The van der Waals surface area contributed by atoms with Crippen molar-refractivity contribution in [2.24, 2.45) is 0 Å². The zero-order valence-corrected chi connectivity index (χ0v) is 11.6. The fourth-order valence-electron chi connectivity index (χ4n) is 0.688. The van der Waals surface area contributed by atoms with Crippen molar-refractivity contribution >= 4 is 0 Å². The summed E-state index contributed by atoms with van der Waals surface area (Å²) < 4.78 is 10.0. The molecule has 5 heteroatoms. The Morgan fingerprint density at radius 2 is 1.24 bits per heavy atom. The predicted octanol–water partition coefficient (Wildman–Crippen LogP) is 0.557. The van der Waals surface area contributed by atoms with Crippen LogP contribution in [0.5, 0.6) is 0 Å². The second-order valence-corrected chi connectivity index (χ2v) is 4.41. The minimum atomic E-state index is -0.445. The molecule has 0 heterocycles. The molecule has 0 fully saturated rings. The lowest BCUT2D eigenvalue weighted by molar-refractivity contribution is -0.0177. The molecule has 3 unspecified atom stereocenters. The molecule has 0 saturated carbocycles. The van der Waals surface area contributed by atoms with Gasteiger partial charge in [0.2, 0.25) is 0 Å². The molecule has 0 saturated heterocycles. The number of ether oxygens (including phenoxy) is 2. The molecule has 106 valence electrons. The molecular formula is C12H28O5. The molecule has 0 rings (SSSR count). The van der Waals surface area contributed by atoms with E-state index < -0.39 is 6.10 Å². The van der Waals surface area contributed by atoms with Gasteiger partial charge in [-0.3, -0.25) is 0 Å². The van der Waals surface area contributed by atoms with E-state index in [4.69, 9.17) is 24.8 Å². The van der Waals surface area contributed by atoms with Gasteiger partial charge in [-0.15, -0.1) is 0 Å². The summed E-state index contributed by atoms with van der Waals surface area (Å²) in [6.07, 6.45) is -0.722. The van der Waals surface area contributed by atoms with E-state index in [1.165, 1.54) is 0 Å². The first kappa shape index (κ1) is 19.1. The maximum absolute atomic E-state index is 8.69. The van der Waals surface area contributed by atoms with Crippen molar-refractivity contribution in [1.29, 1.82) is 0 Å². The predicted molar refractivity (Wildman–Crippen MR) is 66.9 cm³/mol. The highest BCUT2D eigenvalue weighted by atomic mass is 16.5. The van der Waals surface area contributed by atoms with Gasteiger partial charge in [-0.05, 0) is 34.6 Å². The molecule has 0 aromatic heterocycles. The van der Waals surface area contributed by atoms with Crippen molar-refractivity contribution < 1.29 is 24.8 Å². The Bertz CT molecular complexity index is 140. The average molecular weight is 252 g/mol. The lowest BCUT2D eigenvalue weighted by Crippen LogP contribution is -2.19. The molecule has 0 spiro atoms. The Balaban J connectivity index is 0. The molecule has 0 aromatic carbocycles. The fourth-order valence-corrected chi connectivity index (χ4v) is 0.688. The number of hydrogen-bond acceptors (Lipinski definition) is 5. The van der Waals surface area contributed by atoms with E-state index in [2.05, 4.69) is 0 Å². The van der Waals surface area contributed by atoms with Gasteiger partial charge in [0.05, 0.1) is 44.2 Å². The van der Waals surface area contributed by atoms with E-state index in [1.807, 2.05) is 13.8 Å². The molecule has 0 amide bonds. The van der Waals surface area contributed by atoms with Crippen molar-refractivity contribution in [3.05, 3.63) is 0 Å². The van der Waals surface area contributed by atoms with Crippen LogP contribution < -0.4 is 0 Å². The van der Waals surface area contributed by atoms with Crippen LogP contribution in [-0.4, -0.2) is 59.6 Å². The second-order valence-electron chi connectivity index (χ2n) is 4.41. The van der Waals surface area contributed by atoms with Gasteiger partial charge in [0.15, 0.2) is 0 Å². The Hall–Kier alpha value is -0.200. The smallest absolute Gasteiger partial charge is 0.0779 e. The normalized spacial score (nSPS) is 16.1. The van der Waals surface area contributed by atoms with Crippen LogP contribution in [0, 0.1) is 0 Å². The van der Waals surface area contributed by atoms with Crippen LogP contribution in [0.25, 0.3) is 0 Å². The molecule has 0 aliphatic heterocycles. The van der Waals surface area contributed by atoms with Gasteiger partial charge in [-0.25, -0.2) is 0 Å². The van der Waals surface area contributed by atoms with E-state index in [0.717, 1.165) is 0 Å². The van der Waals surface area contributed by atoms with Gasteiger partial charge in [-0.1, -0.05) is 0 Å². The molecule has 3 N–H and O–H groups in total. The van der Waals surface area contributed by atoms with Crippen LogP contribution in [0.1, 0.15) is 34.6 Å².